The van der Waals surface area contributed by atoms with Gasteiger partial charge in [0.2, 0.25) is 0 Å². The molecule has 0 aromatic rings. The van der Waals surface area contributed by atoms with E-state index in [-0.39, 0.29) is 0 Å². The van der Waals surface area contributed by atoms with E-state index in [2.05, 4.69) is 27.4 Å². The van der Waals surface area contributed by atoms with Crippen molar-refractivity contribution < 1.29 is 9.47 Å². The van der Waals surface area contributed by atoms with Gasteiger partial charge in [-0.05, 0) is 38.0 Å². The highest BCUT2D eigenvalue weighted by atomic mass is 16.5. The van der Waals surface area contributed by atoms with Crippen LogP contribution in [0.5, 0.6) is 0 Å². The van der Waals surface area contributed by atoms with Gasteiger partial charge in [-0.25, -0.2) is 0 Å². The van der Waals surface area contributed by atoms with E-state index in [1.807, 2.05) is 7.11 Å². The first kappa shape index (κ1) is 16.7. The quantitative estimate of drug-likeness (QED) is 0.612. The highest BCUT2D eigenvalue weighted by Gasteiger charge is 2.25. The predicted octanol–water partition coefficient (Wildman–Crippen LogP) is 4.26. The van der Waals surface area contributed by atoms with Crippen LogP contribution in [0.1, 0.15) is 46.0 Å². The van der Waals surface area contributed by atoms with Crippen LogP contribution in [0.25, 0.3) is 0 Å². The molecule has 0 aliphatic carbocycles. The molecule has 0 N–H and O–H groups in total. The monoisotopic (exact) mass is 267 g/mol. The molecular weight excluding hydrogens is 236 g/mol. The Bertz CT molecular complexity index is 262. The van der Waals surface area contributed by atoms with Gasteiger partial charge in [0.05, 0.1) is 12.7 Å². The molecule has 1 aliphatic rings. The van der Waals surface area contributed by atoms with Crippen molar-refractivity contribution in [2.75, 3.05) is 20.3 Å². The first-order chi connectivity index (χ1) is 9.08. The first-order valence-corrected chi connectivity index (χ1v) is 7.69. The molecule has 0 spiro atoms. The van der Waals surface area contributed by atoms with E-state index < -0.39 is 0 Å². The highest BCUT2D eigenvalue weighted by Crippen LogP contribution is 2.29. The lowest BCUT2D eigenvalue weighted by molar-refractivity contribution is 0.0277. The Hall–Kier alpha value is -0.340. The van der Waals surface area contributed by atoms with Crippen LogP contribution >= 0.6 is 0 Å². The zero-order valence-corrected chi connectivity index (χ0v) is 13.0. The van der Waals surface area contributed by atoms with E-state index in [4.69, 9.17) is 9.47 Å². The van der Waals surface area contributed by atoms with Gasteiger partial charge in [0, 0.05) is 19.6 Å². The molecule has 2 heteroatoms. The van der Waals surface area contributed by atoms with Crippen LogP contribution in [0.15, 0.2) is 12.2 Å². The van der Waals surface area contributed by atoms with E-state index in [9.17, 15) is 0 Å². The van der Waals surface area contributed by atoms with Crippen LogP contribution in [0.3, 0.4) is 0 Å². The third-order valence-corrected chi connectivity index (χ3v) is 4.28. The second kappa shape index (κ2) is 8.76. The predicted molar refractivity (Wildman–Crippen MR) is 81.0 cm³/mol. The Morgan fingerprint density at radius 3 is 2.74 bits per heavy atom. The maximum Gasteiger partial charge on any atom is 0.0633 e. The zero-order valence-electron chi connectivity index (χ0n) is 13.0. The fraction of sp³-hybridized carbons (Fsp3) is 0.824. The molecule has 111 valence electrons. The lowest BCUT2D eigenvalue weighted by Crippen LogP contribution is -2.28. The Balaban J connectivity index is 2.43. The molecule has 2 nitrogen and oxygen atoms in total. The van der Waals surface area contributed by atoms with E-state index >= 15 is 0 Å². The van der Waals surface area contributed by atoms with E-state index in [1.165, 1.54) is 24.8 Å². The molecule has 1 heterocycles. The molecule has 2 unspecified atom stereocenters. The lowest BCUT2D eigenvalue weighted by atomic mass is 9.84. The van der Waals surface area contributed by atoms with E-state index in [0.29, 0.717) is 23.9 Å². The fourth-order valence-corrected chi connectivity index (χ4v) is 2.85. The van der Waals surface area contributed by atoms with Crippen molar-refractivity contribution in [3.05, 3.63) is 19.1 Å². The van der Waals surface area contributed by atoms with E-state index in [0.717, 1.165) is 26.1 Å². The topological polar surface area (TPSA) is 18.5 Å². The molecule has 1 saturated heterocycles. The second-order valence-corrected chi connectivity index (χ2v) is 6.09. The standard InChI is InChI=1S/C17H31O2/c1-6-7-8-14(3)17(18-5)10-15(4)16-9-13(2)11-19-12-16/h13-14,16-17H,2,4,6-12H2,1,3,5H3/t13-,14?,16?,17+/m1/s1. The summed E-state index contributed by atoms with van der Waals surface area (Å²) < 4.78 is 11.3. The van der Waals surface area contributed by atoms with Crippen molar-refractivity contribution in [1.82, 2.24) is 0 Å². The largest absolute Gasteiger partial charge is 0.381 e. The highest BCUT2D eigenvalue weighted by molar-refractivity contribution is 5.04. The number of hydrogen-bond donors (Lipinski definition) is 0. The minimum absolute atomic E-state index is 0.296. The van der Waals surface area contributed by atoms with Crippen LogP contribution in [0, 0.1) is 24.7 Å². The van der Waals surface area contributed by atoms with Gasteiger partial charge >= 0.3 is 0 Å². The third kappa shape index (κ3) is 5.66. The number of methoxy groups -OCH3 is 1. The summed E-state index contributed by atoms with van der Waals surface area (Å²) in [5.74, 6) is 1.48. The Morgan fingerprint density at radius 2 is 2.16 bits per heavy atom. The van der Waals surface area contributed by atoms with Gasteiger partial charge < -0.3 is 9.47 Å². The first-order valence-electron chi connectivity index (χ1n) is 7.69. The van der Waals surface area contributed by atoms with Gasteiger partial charge in [-0.3, -0.25) is 0 Å². The molecule has 0 aromatic heterocycles. The van der Waals surface area contributed by atoms with Gasteiger partial charge in [-0.2, -0.15) is 0 Å². The molecule has 0 aromatic carbocycles. The summed E-state index contributed by atoms with van der Waals surface area (Å²) in [5, 5.41) is 0. The van der Waals surface area contributed by atoms with Crippen LogP contribution in [0.2, 0.25) is 0 Å². The summed E-state index contributed by atoms with van der Waals surface area (Å²) >= 11 is 0. The molecule has 1 fully saturated rings. The Kier molecular flexibility index (Phi) is 7.70. The molecule has 1 rings (SSSR count). The lowest BCUT2D eigenvalue weighted by Gasteiger charge is -2.31. The maximum absolute atomic E-state index is 5.68. The SMILES string of the molecule is [CH2][C@H]1COCC(C(=C)C[C@H](OC)C(C)CCCC)C1. The molecule has 1 radical (unpaired) electrons. The summed E-state index contributed by atoms with van der Waals surface area (Å²) in [4.78, 5) is 0. The summed E-state index contributed by atoms with van der Waals surface area (Å²) in [6.45, 7) is 14.5. The minimum Gasteiger partial charge on any atom is -0.381 e. The Labute approximate surface area is 119 Å². The summed E-state index contributed by atoms with van der Waals surface area (Å²) in [5.41, 5.74) is 1.28. The zero-order chi connectivity index (χ0) is 14.3. The van der Waals surface area contributed by atoms with Crippen molar-refractivity contribution >= 4 is 0 Å². The number of rotatable bonds is 8. The molecule has 19 heavy (non-hydrogen) atoms. The number of ether oxygens (including phenoxy) is 2. The van der Waals surface area contributed by atoms with Crippen LogP contribution in [-0.2, 0) is 9.47 Å². The van der Waals surface area contributed by atoms with Crippen molar-refractivity contribution in [2.24, 2.45) is 17.8 Å². The number of unbranched alkanes of at least 4 members (excludes halogenated alkanes) is 1. The maximum atomic E-state index is 5.68. The van der Waals surface area contributed by atoms with Crippen molar-refractivity contribution in [1.29, 1.82) is 0 Å². The average Bonchev–Trinajstić information content (AvgIpc) is 2.41. The van der Waals surface area contributed by atoms with Gasteiger partial charge in [0.1, 0.15) is 0 Å². The fourth-order valence-electron chi connectivity index (χ4n) is 2.85. The smallest absolute Gasteiger partial charge is 0.0633 e. The average molecular weight is 267 g/mol. The van der Waals surface area contributed by atoms with Gasteiger partial charge in [0.15, 0.2) is 0 Å². The Morgan fingerprint density at radius 1 is 1.42 bits per heavy atom. The van der Waals surface area contributed by atoms with Crippen LogP contribution in [-0.4, -0.2) is 26.4 Å². The normalized spacial score (nSPS) is 26.9. The van der Waals surface area contributed by atoms with Gasteiger partial charge in [-0.1, -0.05) is 38.8 Å². The van der Waals surface area contributed by atoms with Crippen LogP contribution in [0.4, 0.5) is 0 Å². The molecule has 0 saturated carbocycles. The minimum atomic E-state index is 0.296. The number of hydrogen-bond acceptors (Lipinski definition) is 2. The summed E-state index contributed by atoms with van der Waals surface area (Å²) in [6, 6.07) is 0. The molecule has 4 atom stereocenters. The third-order valence-electron chi connectivity index (χ3n) is 4.28. The van der Waals surface area contributed by atoms with Gasteiger partial charge in [0.25, 0.3) is 0 Å². The summed E-state index contributed by atoms with van der Waals surface area (Å²) in [7, 11) is 1.82. The van der Waals surface area contributed by atoms with Crippen molar-refractivity contribution in [2.45, 2.75) is 52.1 Å². The van der Waals surface area contributed by atoms with Gasteiger partial charge in [-0.15, -0.1) is 0 Å². The van der Waals surface area contributed by atoms with Crippen molar-refractivity contribution in [3.63, 3.8) is 0 Å². The van der Waals surface area contributed by atoms with E-state index in [1.54, 1.807) is 0 Å². The molecule has 0 amide bonds. The van der Waals surface area contributed by atoms with Crippen LogP contribution < -0.4 is 0 Å². The summed E-state index contributed by atoms with van der Waals surface area (Å²) in [6.07, 6.45) is 6.13. The second-order valence-electron chi connectivity index (χ2n) is 6.09. The van der Waals surface area contributed by atoms with Crippen molar-refractivity contribution in [3.8, 4) is 0 Å². The molecule has 0 bridgehead atoms. The molecular formula is C17H31O2. The molecule has 1 aliphatic heterocycles.